The number of nitrogens with one attached hydrogen (secondary N) is 2. The number of carbonyl (C=O) groups is 4. The van der Waals surface area contributed by atoms with Crippen LogP contribution in [0.3, 0.4) is 0 Å². The van der Waals surface area contributed by atoms with E-state index in [1.807, 2.05) is 0 Å². The lowest BCUT2D eigenvalue weighted by Crippen LogP contribution is -2.30. The molecule has 50 heavy (non-hydrogen) atoms. The zero-order valence-electron chi connectivity index (χ0n) is 26.3. The Kier molecular flexibility index (Phi) is 9.32. The molecule has 1 aliphatic carbocycles. The van der Waals surface area contributed by atoms with E-state index in [1.54, 1.807) is 19.9 Å². The summed E-state index contributed by atoms with van der Waals surface area (Å²) in [6.45, 7) is 2.50. The van der Waals surface area contributed by atoms with Gasteiger partial charge in [0, 0.05) is 23.9 Å². The predicted octanol–water partition coefficient (Wildman–Crippen LogP) is 4.04. The van der Waals surface area contributed by atoms with E-state index in [4.69, 9.17) is 23.8 Å². The first-order chi connectivity index (χ1) is 23.9. The van der Waals surface area contributed by atoms with Crippen molar-refractivity contribution < 1.29 is 52.1 Å². The molecule has 2 aromatic carbocycles. The number of hydrogen-bond donors (Lipinski definition) is 4. The van der Waals surface area contributed by atoms with E-state index in [2.05, 4.69) is 30.4 Å². The molecule has 18 nitrogen and oxygen atoms in total. The molecule has 0 saturated heterocycles. The fraction of sp³-hybridized carbons (Fsp3) is 0.194. The molecule has 0 unspecified atom stereocenters. The summed E-state index contributed by atoms with van der Waals surface area (Å²) in [5.41, 5.74) is 1.85. The maximum absolute atomic E-state index is 13.9. The molecule has 0 radical (unpaired) electrons. The van der Waals surface area contributed by atoms with Gasteiger partial charge in [0.25, 0.3) is 11.8 Å². The average molecular weight is 706 g/mol. The van der Waals surface area contributed by atoms with Gasteiger partial charge in [0.1, 0.15) is 23.9 Å². The Morgan fingerprint density at radius 1 is 1.02 bits per heavy atom. The number of fused-ring (bicyclic) bond motifs is 1. The van der Waals surface area contributed by atoms with Crippen molar-refractivity contribution in [2.24, 2.45) is 0 Å². The van der Waals surface area contributed by atoms with Gasteiger partial charge in [-0.3, -0.25) is 19.4 Å². The molecule has 0 bridgehead atoms. The number of aromatic nitrogens is 4. The van der Waals surface area contributed by atoms with E-state index in [0.29, 0.717) is 16.7 Å². The van der Waals surface area contributed by atoms with Gasteiger partial charge in [-0.15, -0.1) is 0 Å². The summed E-state index contributed by atoms with van der Waals surface area (Å²) >= 11 is 0. The standard InChI is InChI=1S/C31H28N7O11P/c1-17-3-4-20(28(39)35-25-11-12-48-36-25)13-24(17)38(27-26-18(2)23(14-37(26)33-15-32-27)29(40)34-21-7-8-21)31(42)47-16-46-30(41)19-5-9-22(10-6-19)49-50(43,44)45/h3-6,9-15,21H,7-8,16H2,1-2H3,(H,34,40)(H,35,36,39)(H2,43,44,45). The number of amides is 3. The summed E-state index contributed by atoms with van der Waals surface area (Å²) in [6.07, 6.45) is 4.68. The molecule has 0 aliphatic heterocycles. The van der Waals surface area contributed by atoms with Crippen molar-refractivity contribution in [2.75, 3.05) is 17.0 Å². The number of benzene rings is 2. The molecule has 6 rings (SSSR count). The lowest BCUT2D eigenvalue weighted by atomic mass is 10.1. The van der Waals surface area contributed by atoms with Gasteiger partial charge in [-0.1, -0.05) is 11.2 Å². The first-order valence-corrected chi connectivity index (χ1v) is 16.4. The van der Waals surface area contributed by atoms with Gasteiger partial charge in [-0.05, 0) is 74.2 Å². The van der Waals surface area contributed by atoms with Crippen LogP contribution in [0.15, 0.2) is 71.8 Å². The first-order valence-electron chi connectivity index (χ1n) is 14.8. The van der Waals surface area contributed by atoms with Gasteiger partial charge in [0.05, 0.1) is 16.8 Å². The fourth-order valence-electron chi connectivity index (χ4n) is 4.85. The van der Waals surface area contributed by atoms with E-state index in [-0.39, 0.29) is 51.7 Å². The van der Waals surface area contributed by atoms with Crippen LogP contribution in [0.25, 0.3) is 5.52 Å². The molecule has 3 heterocycles. The number of ether oxygens (including phenoxy) is 2. The second kappa shape index (κ2) is 13.8. The summed E-state index contributed by atoms with van der Waals surface area (Å²) in [7, 11) is -4.80. The normalized spacial score (nSPS) is 12.6. The number of esters is 1. The summed E-state index contributed by atoms with van der Waals surface area (Å²) in [4.78, 5) is 76.1. The third-order valence-electron chi connectivity index (χ3n) is 7.44. The summed E-state index contributed by atoms with van der Waals surface area (Å²) < 4.78 is 32.2. The number of carbonyl (C=O) groups excluding carboxylic acids is 4. The van der Waals surface area contributed by atoms with Gasteiger partial charge in [-0.25, -0.2) is 28.6 Å². The van der Waals surface area contributed by atoms with Crippen molar-refractivity contribution in [2.45, 2.75) is 32.7 Å². The lowest BCUT2D eigenvalue weighted by molar-refractivity contribution is -0.0000784. The molecule has 0 atom stereocenters. The Balaban J connectivity index is 1.31. The molecule has 19 heteroatoms. The average Bonchev–Trinajstić information content (AvgIpc) is 3.60. The van der Waals surface area contributed by atoms with E-state index in [1.165, 1.54) is 53.6 Å². The molecule has 3 amide bonds. The quantitative estimate of drug-likeness (QED) is 0.0862. The monoisotopic (exact) mass is 705 g/mol. The lowest BCUT2D eigenvalue weighted by Gasteiger charge is -2.24. The largest absolute Gasteiger partial charge is 0.524 e. The zero-order chi connectivity index (χ0) is 35.6. The van der Waals surface area contributed by atoms with Crippen LogP contribution in [-0.2, 0) is 14.0 Å². The van der Waals surface area contributed by atoms with Crippen LogP contribution < -0.4 is 20.1 Å². The molecule has 3 aromatic heterocycles. The Labute approximate surface area is 282 Å². The van der Waals surface area contributed by atoms with Gasteiger partial charge in [-0.2, -0.15) is 5.10 Å². The topological polar surface area (TPSA) is 237 Å². The minimum atomic E-state index is -4.80. The number of phosphoric ester groups is 1. The van der Waals surface area contributed by atoms with E-state index in [9.17, 15) is 23.7 Å². The maximum Gasteiger partial charge on any atom is 0.524 e. The Morgan fingerprint density at radius 2 is 1.76 bits per heavy atom. The second-order valence-corrected chi connectivity index (χ2v) is 12.2. The van der Waals surface area contributed by atoms with Crippen LogP contribution in [0.2, 0.25) is 0 Å². The minimum absolute atomic E-state index is 0.00268. The van der Waals surface area contributed by atoms with Crippen LogP contribution in [-0.4, -0.2) is 66.3 Å². The molecule has 1 saturated carbocycles. The van der Waals surface area contributed by atoms with E-state index >= 15 is 0 Å². The Hall–Kier alpha value is -6.10. The molecule has 5 aromatic rings. The summed E-state index contributed by atoms with van der Waals surface area (Å²) in [5.74, 6) is -1.83. The Bertz CT molecular complexity index is 2140. The van der Waals surface area contributed by atoms with Crippen LogP contribution in [0, 0.1) is 13.8 Å². The fourth-order valence-corrected chi connectivity index (χ4v) is 5.25. The number of hydrogen-bond acceptors (Lipinski definition) is 12. The summed E-state index contributed by atoms with van der Waals surface area (Å²) in [6, 6.07) is 10.8. The van der Waals surface area contributed by atoms with Crippen LogP contribution >= 0.6 is 7.82 Å². The first kappa shape index (κ1) is 33.8. The third kappa shape index (κ3) is 7.62. The number of anilines is 3. The van der Waals surface area contributed by atoms with Crippen molar-refractivity contribution in [1.82, 2.24) is 25.1 Å². The molecule has 0 spiro atoms. The van der Waals surface area contributed by atoms with Crippen LogP contribution in [0.5, 0.6) is 5.75 Å². The van der Waals surface area contributed by atoms with Gasteiger partial charge in [0.15, 0.2) is 11.6 Å². The van der Waals surface area contributed by atoms with Crippen molar-refractivity contribution >= 4 is 54.5 Å². The summed E-state index contributed by atoms with van der Waals surface area (Å²) in [5, 5.41) is 13.4. The molecular weight excluding hydrogens is 677 g/mol. The van der Waals surface area contributed by atoms with Crippen molar-refractivity contribution in [3.63, 3.8) is 0 Å². The highest BCUT2D eigenvalue weighted by atomic mass is 31.2. The maximum atomic E-state index is 13.9. The number of aryl methyl sites for hydroxylation is 2. The van der Waals surface area contributed by atoms with Crippen LogP contribution in [0.1, 0.15) is 55.0 Å². The number of rotatable bonds is 11. The highest BCUT2D eigenvalue weighted by Gasteiger charge is 2.31. The van der Waals surface area contributed by atoms with Gasteiger partial charge < -0.3 is 29.2 Å². The van der Waals surface area contributed by atoms with Gasteiger partial charge >= 0.3 is 19.9 Å². The SMILES string of the molecule is Cc1ccc(C(=O)Nc2ccon2)cc1N(C(=O)OCOC(=O)c1ccc(OP(=O)(O)O)cc1)c1ncnn2cc(C(=O)NC3CC3)c(C)c12. The highest BCUT2D eigenvalue weighted by Crippen LogP contribution is 2.38. The Morgan fingerprint density at radius 3 is 2.44 bits per heavy atom. The van der Waals surface area contributed by atoms with Crippen molar-refractivity contribution in [3.8, 4) is 5.75 Å². The molecule has 4 N–H and O–H groups in total. The highest BCUT2D eigenvalue weighted by molar-refractivity contribution is 7.46. The van der Waals surface area contributed by atoms with E-state index < -0.39 is 32.6 Å². The van der Waals surface area contributed by atoms with E-state index in [0.717, 1.165) is 29.9 Å². The minimum Gasteiger partial charge on any atom is -0.424 e. The molecule has 1 fully saturated rings. The smallest absolute Gasteiger partial charge is 0.424 e. The number of nitrogens with zero attached hydrogens (tertiary/aromatic N) is 5. The van der Waals surface area contributed by atoms with Crippen LogP contribution in [0.4, 0.5) is 22.1 Å². The zero-order valence-corrected chi connectivity index (χ0v) is 27.2. The van der Waals surface area contributed by atoms with Crippen molar-refractivity contribution in [1.29, 1.82) is 0 Å². The van der Waals surface area contributed by atoms with Gasteiger partial charge in [0.2, 0.25) is 6.79 Å². The molecular formula is C31H28N7O11P. The number of phosphoric acid groups is 1. The van der Waals surface area contributed by atoms with Crippen molar-refractivity contribution in [3.05, 3.63) is 95.1 Å². The molecule has 258 valence electrons. The second-order valence-electron chi connectivity index (χ2n) is 11.0. The third-order valence-corrected chi connectivity index (χ3v) is 7.89. The molecule has 1 aliphatic rings. The predicted molar refractivity (Wildman–Crippen MR) is 172 cm³/mol.